The predicted octanol–water partition coefficient (Wildman–Crippen LogP) is 0.395. The van der Waals surface area contributed by atoms with Crippen LogP contribution in [0.3, 0.4) is 0 Å². The fourth-order valence-electron chi connectivity index (χ4n) is 2.05. The predicted molar refractivity (Wildman–Crippen MR) is 54.3 cm³/mol. The SMILES string of the molecule is CC[C@@H]1C[C@@H](O)CN1C(=O)c1cc[nH]n1. The summed E-state index contributed by atoms with van der Waals surface area (Å²) in [4.78, 5) is 13.7. The largest absolute Gasteiger partial charge is 0.391 e. The van der Waals surface area contributed by atoms with Crippen molar-refractivity contribution < 1.29 is 9.90 Å². The van der Waals surface area contributed by atoms with Crippen molar-refractivity contribution in [2.45, 2.75) is 31.9 Å². The molecule has 0 radical (unpaired) electrons. The average molecular weight is 209 g/mol. The zero-order chi connectivity index (χ0) is 10.8. The summed E-state index contributed by atoms with van der Waals surface area (Å²) in [6.07, 6.45) is 2.78. The number of aliphatic hydroxyl groups is 1. The number of aromatic amines is 1. The topological polar surface area (TPSA) is 69.2 Å². The molecule has 0 aliphatic carbocycles. The molecule has 1 saturated heterocycles. The molecule has 2 atom stereocenters. The Morgan fingerprint density at radius 3 is 3.20 bits per heavy atom. The van der Waals surface area contributed by atoms with Crippen LogP contribution in [0.1, 0.15) is 30.3 Å². The van der Waals surface area contributed by atoms with Crippen molar-refractivity contribution in [2.24, 2.45) is 0 Å². The number of nitrogens with zero attached hydrogens (tertiary/aromatic N) is 2. The smallest absolute Gasteiger partial charge is 0.274 e. The number of nitrogens with one attached hydrogen (secondary N) is 1. The molecular formula is C10H15N3O2. The van der Waals surface area contributed by atoms with Crippen LogP contribution in [0.4, 0.5) is 0 Å². The van der Waals surface area contributed by atoms with Gasteiger partial charge in [-0.05, 0) is 18.9 Å². The Morgan fingerprint density at radius 1 is 1.80 bits per heavy atom. The van der Waals surface area contributed by atoms with E-state index in [-0.39, 0.29) is 11.9 Å². The minimum Gasteiger partial charge on any atom is -0.391 e. The van der Waals surface area contributed by atoms with Gasteiger partial charge < -0.3 is 10.0 Å². The van der Waals surface area contributed by atoms with Crippen LogP contribution in [0.25, 0.3) is 0 Å². The van der Waals surface area contributed by atoms with E-state index in [1.807, 2.05) is 6.92 Å². The summed E-state index contributed by atoms with van der Waals surface area (Å²) in [6.45, 7) is 2.44. The molecule has 1 fully saturated rings. The first kappa shape index (κ1) is 10.2. The van der Waals surface area contributed by atoms with Gasteiger partial charge in [0, 0.05) is 18.8 Å². The van der Waals surface area contributed by atoms with Crippen LogP contribution in [-0.2, 0) is 0 Å². The molecule has 0 unspecified atom stereocenters. The van der Waals surface area contributed by atoms with Gasteiger partial charge in [-0.2, -0.15) is 5.10 Å². The molecule has 15 heavy (non-hydrogen) atoms. The summed E-state index contributed by atoms with van der Waals surface area (Å²) < 4.78 is 0. The second-order valence-electron chi connectivity index (χ2n) is 3.87. The molecule has 5 nitrogen and oxygen atoms in total. The van der Waals surface area contributed by atoms with Crippen LogP contribution >= 0.6 is 0 Å². The summed E-state index contributed by atoms with van der Waals surface area (Å²) in [6, 6.07) is 1.80. The fourth-order valence-corrected chi connectivity index (χ4v) is 2.05. The molecule has 0 aromatic carbocycles. The molecule has 1 aliphatic heterocycles. The number of amides is 1. The lowest BCUT2D eigenvalue weighted by Gasteiger charge is -2.21. The monoisotopic (exact) mass is 209 g/mol. The molecule has 0 bridgehead atoms. The third kappa shape index (κ3) is 1.87. The average Bonchev–Trinajstić information content (AvgIpc) is 2.84. The fraction of sp³-hybridized carbons (Fsp3) is 0.600. The highest BCUT2D eigenvalue weighted by atomic mass is 16.3. The highest BCUT2D eigenvalue weighted by Crippen LogP contribution is 2.22. The number of H-pyrrole nitrogens is 1. The van der Waals surface area contributed by atoms with E-state index in [2.05, 4.69) is 10.2 Å². The normalized spacial score (nSPS) is 25.9. The first-order valence-electron chi connectivity index (χ1n) is 5.21. The summed E-state index contributed by atoms with van der Waals surface area (Å²) >= 11 is 0. The van der Waals surface area contributed by atoms with E-state index in [1.54, 1.807) is 17.2 Å². The molecule has 1 aromatic heterocycles. The standard InChI is InChI=1S/C10H15N3O2/c1-2-7-5-8(14)6-13(7)10(15)9-3-4-11-12-9/h3-4,7-8,14H,2,5-6H2,1H3,(H,11,12)/t7-,8-/m1/s1. The zero-order valence-corrected chi connectivity index (χ0v) is 8.68. The highest BCUT2D eigenvalue weighted by molar-refractivity contribution is 5.92. The van der Waals surface area contributed by atoms with Crippen molar-refractivity contribution in [1.29, 1.82) is 0 Å². The Kier molecular flexibility index (Phi) is 2.73. The van der Waals surface area contributed by atoms with Gasteiger partial charge in [0.25, 0.3) is 5.91 Å². The Hall–Kier alpha value is -1.36. The van der Waals surface area contributed by atoms with E-state index >= 15 is 0 Å². The molecule has 1 amide bonds. The minimum atomic E-state index is -0.391. The Morgan fingerprint density at radius 2 is 2.60 bits per heavy atom. The molecule has 2 N–H and O–H groups in total. The number of carbonyl (C=O) groups excluding carboxylic acids is 1. The molecule has 1 aliphatic rings. The van der Waals surface area contributed by atoms with E-state index < -0.39 is 6.10 Å². The van der Waals surface area contributed by atoms with Crippen LogP contribution in [0.15, 0.2) is 12.3 Å². The third-order valence-electron chi connectivity index (χ3n) is 2.84. The van der Waals surface area contributed by atoms with Crippen molar-refractivity contribution in [3.8, 4) is 0 Å². The maximum atomic E-state index is 12.0. The van der Waals surface area contributed by atoms with Gasteiger partial charge in [0.05, 0.1) is 6.10 Å². The van der Waals surface area contributed by atoms with E-state index in [1.165, 1.54) is 0 Å². The Bertz CT molecular complexity index is 336. The van der Waals surface area contributed by atoms with Crippen molar-refractivity contribution in [1.82, 2.24) is 15.1 Å². The second kappa shape index (κ2) is 4.02. The first-order chi connectivity index (χ1) is 7.22. The van der Waals surface area contributed by atoms with Crippen LogP contribution in [-0.4, -0.2) is 44.8 Å². The van der Waals surface area contributed by atoms with E-state index in [9.17, 15) is 9.90 Å². The van der Waals surface area contributed by atoms with Gasteiger partial charge in [-0.1, -0.05) is 6.92 Å². The van der Waals surface area contributed by atoms with Crippen molar-refractivity contribution >= 4 is 5.91 Å². The van der Waals surface area contributed by atoms with Gasteiger partial charge in [0.2, 0.25) is 0 Å². The number of rotatable bonds is 2. The van der Waals surface area contributed by atoms with Crippen LogP contribution in [0.5, 0.6) is 0 Å². The number of aromatic nitrogens is 2. The van der Waals surface area contributed by atoms with Gasteiger partial charge in [-0.25, -0.2) is 0 Å². The van der Waals surface area contributed by atoms with Gasteiger partial charge in [0.1, 0.15) is 5.69 Å². The van der Waals surface area contributed by atoms with Crippen LogP contribution in [0, 0.1) is 0 Å². The quantitative estimate of drug-likeness (QED) is 0.740. The number of hydrogen-bond acceptors (Lipinski definition) is 3. The molecule has 1 aromatic rings. The summed E-state index contributed by atoms with van der Waals surface area (Å²) in [7, 11) is 0. The first-order valence-corrected chi connectivity index (χ1v) is 5.21. The van der Waals surface area contributed by atoms with E-state index in [4.69, 9.17) is 0 Å². The molecule has 2 rings (SSSR count). The van der Waals surface area contributed by atoms with E-state index in [0.29, 0.717) is 18.7 Å². The zero-order valence-electron chi connectivity index (χ0n) is 8.68. The highest BCUT2D eigenvalue weighted by Gasteiger charge is 2.34. The summed E-state index contributed by atoms with van der Waals surface area (Å²) in [5, 5.41) is 16.0. The van der Waals surface area contributed by atoms with Crippen molar-refractivity contribution in [3.63, 3.8) is 0 Å². The van der Waals surface area contributed by atoms with Gasteiger partial charge in [0.15, 0.2) is 0 Å². The lowest BCUT2D eigenvalue weighted by molar-refractivity contribution is 0.0708. The number of likely N-dealkylation sites (tertiary alicyclic amines) is 1. The molecule has 0 saturated carbocycles. The van der Waals surface area contributed by atoms with Crippen LogP contribution in [0.2, 0.25) is 0 Å². The minimum absolute atomic E-state index is 0.0975. The lowest BCUT2D eigenvalue weighted by atomic mass is 10.1. The number of carbonyl (C=O) groups is 1. The van der Waals surface area contributed by atoms with E-state index in [0.717, 1.165) is 6.42 Å². The maximum Gasteiger partial charge on any atom is 0.274 e. The molecule has 82 valence electrons. The number of β-amino-alcohol motifs (C(OH)–C–C–N with tert-alkyl or cyclic N) is 1. The molecular weight excluding hydrogens is 194 g/mol. The maximum absolute atomic E-state index is 12.0. The summed E-state index contributed by atoms with van der Waals surface area (Å²) in [5.41, 5.74) is 0.419. The van der Waals surface area contributed by atoms with Crippen molar-refractivity contribution in [3.05, 3.63) is 18.0 Å². The molecule has 0 spiro atoms. The van der Waals surface area contributed by atoms with Gasteiger partial charge in [-0.3, -0.25) is 9.89 Å². The number of hydrogen-bond donors (Lipinski definition) is 2. The lowest BCUT2D eigenvalue weighted by Crippen LogP contribution is -2.35. The third-order valence-corrected chi connectivity index (χ3v) is 2.84. The number of aliphatic hydroxyl groups excluding tert-OH is 1. The van der Waals surface area contributed by atoms with Crippen LogP contribution < -0.4 is 0 Å². The Labute approximate surface area is 88.1 Å². The Balaban J connectivity index is 2.13. The second-order valence-corrected chi connectivity index (χ2v) is 3.87. The molecule has 5 heteroatoms. The van der Waals surface area contributed by atoms with Gasteiger partial charge in [-0.15, -0.1) is 0 Å². The van der Waals surface area contributed by atoms with Gasteiger partial charge >= 0.3 is 0 Å². The molecule has 2 heterocycles. The summed E-state index contributed by atoms with van der Waals surface area (Å²) in [5.74, 6) is -0.0975. The van der Waals surface area contributed by atoms with Crippen molar-refractivity contribution in [2.75, 3.05) is 6.54 Å².